The largest absolute Gasteiger partial charge is 0.496 e. The number of nitrogens with zero attached hydrogens (tertiary/aromatic N) is 1. The number of ether oxygens (including phenoxy) is 2. The molecule has 1 N–H and O–H groups in total. The fourth-order valence-electron chi connectivity index (χ4n) is 2.48. The Morgan fingerprint density at radius 3 is 2.70 bits per heavy atom. The normalized spacial score (nSPS) is 13.8. The van der Waals surface area contributed by atoms with Gasteiger partial charge in [0.1, 0.15) is 12.4 Å². The highest BCUT2D eigenvalue weighted by atomic mass is 35.5. The highest BCUT2D eigenvalue weighted by Gasteiger charge is 2.23. The Balaban J connectivity index is 1.69. The van der Waals surface area contributed by atoms with Crippen molar-refractivity contribution in [3.63, 3.8) is 0 Å². The summed E-state index contributed by atoms with van der Waals surface area (Å²) in [5, 5.41) is 3.97. The van der Waals surface area contributed by atoms with E-state index in [1.54, 1.807) is 12.0 Å². The number of nitrogens with one attached hydrogen (secondary N) is 1. The van der Waals surface area contributed by atoms with Crippen molar-refractivity contribution in [2.24, 2.45) is 0 Å². The van der Waals surface area contributed by atoms with Gasteiger partial charge in [0, 0.05) is 28.5 Å². The van der Waals surface area contributed by atoms with E-state index in [1.807, 2.05) is 42.5 Å². The van der Waals surface area contributed by atoms with Gasteiger partial charge in [0.15, 0.2) is 0 Å². The number of carbonyl (C=O) groups excluding carboxylic acids is 1. The molecule has 120 valence electrons. The van der Waals surface area contributed by atoms with E-state index in [-0.39, 0.29) is 6.09 Å². The van der Waals surface area contributed by atoms with Gasteiger partial charge in [-0.15, -0.1) is 0 Å². The Hall–Kier alpha value is -2.40. The van der Waals surface area contributed by atoms with Gasteiger partial charge in [0.05, 0.1) is 13.7 Å². The number of amides is 1. The number of methoxy groups -OCH3 is 1. The van der Waals surface area contributed by atoms with Crippen LogP contribution >= 0.6 is 11.6 Å². The summed E-state index contributed by atoms with van der Waals surface area (Å²) in [7, 11) is 1.62. The molecule has 2 aromatic carbocycles. The van der Waals surface area contributed by atoms with Crippen molar-refractivity contribution in [2.45, 2.75) is 6.54 Å². The molecule has 0 saturated carbocycles. The lowest BCUT2D eigenvalue weighted by molar-refractivity contribution is 0.181. The van der Waals surface area contributed by atoms with Gasteiger partial charge in [-0.25, -0.2) is 4.79 Å². The first-order valence-corrected chi connectivity index (χ1v) is 7.66. The zero-order valence-corrected chi connectivity index (χ0v) is 13.5. The SMILES string of the molecule is COc1cccc(Cl)c1CNc1ccc(N2CCOC2=O)cc1. The number of hydrogen-bond donors (Lipinski definition) is 1. The van der Waals surface area contributed by atoms with Gasteiger partial charge in [-0.3, -0.25) is 4.90 Å². The van der Waals surface area contributed by atoms with Gasteiger partial charge in [-0.1, -0.05) is 17.7 Å². The fraction of sp³-hybridized carbons (Fsp3) is 0.235. The molecule has 0 aromatic heterocycles. The Kier molecular flexibility index (Phi) is 4.57. The molecule has 23 heavy (non-hydrogen) atoms. The number of anilines is 2. The minimum atomic E-state index is -0.300. The topological polar surface area (TPSA) is 50.8 Å². The van der Waals surface area contributed by atoms with Gasteiger partial charge < -0.3 is 14.8 Å². The van der Waals surface area contributed by atoms with E-state index in [0.717, 1.165) is 22.7 Å². The zero-order valence-electron chi connectivity index (χ0n) is 12.7. The van der Waals surface area contributed by atoms with E-state index in [4.69, 9.17) is 21.1 Å². The Labute approximate surface area is 139 Å². The third kappa shape index (κ3) is 3.35. The predicted molar refractivity (Wildman–Crippen MR) is 90.5 cm³/mol. The van der Waals surface area contributed by atoms with E-state index in [9.17, 15) is 4.79 Å². The van der Waals surface area contributed by atoms with Gasteiger partial charge in [0.25, 0.3) is 0 Å². The molecule has 1 amide bonds. The molecule has 1 aliphatic rings. The number of benzene rings is 2. The second-order valence-electron chi connectivity index (χ2n) is 5.09. The van der Waals surface area contributed by atoms with E-state index in [0.29, 0.717) is 24.7 Å². The minimum Gasteiger partial charge on any atom is -0.496 e. The van der Waals surface area contributed by atoms with Crippen molar-refractivity contribution >= 4 is 29.1 Å². The molecular formula is C17H17ClN2O3. The summed E-state index contributed by atoms with van der Waals surface area (Å²) in [6, 6.07) is 13.2. The number of rotatable bonds is 5. The summed E-state index contributed by atoms with van der Waals surface area (Å²) in [4.78, 5) is 13.1. The first-order chi connectivity index (χ1) is 11.2. The molecular weight excluding hydrogens is 316 g/mol. The molecule has 1 heterocycles. The van der Waals surface area contributed by atoms with Crippen LogP contribution in [0.15, 0.2) is 42.5 Å². The first-order valence-electron chi connectivity index (χ1n) is 7.28. The van der Waals surface area contributed by atoms with Crippen molar-refractivity contribution in [1.29, 1.82) is 0 Å². The Bertz CT molecular complexity index is 703. The molecule has 0 aliphatic carbocycles. The average molecular weight is 333 g/mol. The van der Waals surface area contributed by atoms with Crippen LogP contribution in [0.4, 0.5) is 16.2 Å². The molecule has 1 fully saturated rings. The monoisotopic (exact) mass is 332 g/mol. The van der Waals surface area contributed by atoms with Crippen LogP contribution in [0.25, 0.3) is 0 Å². The third-order valence-electron chi connectivity index (χ3n) is 3.70. The maximum absolute atomic E-state index is 11.5. The third-order valence-corrected chi connectivity index (χ3v) is 4.06. The Morgan fingerprint density at radius 1 is 1.26 bits per heavy atom. The van der Waals surface area contributed by atoms with Crippen LogP contribution < -0.4 is 15.0 Å². The smallest absolute Gasteiger partial charge is 0.414 e. The van der Waals surface area contributed by atoms with Crippen LogP contribution in [0.5, 0.6) is 5.75 Å². The minimum absolute atomic E-state index is 0.300. The van der Waals surface area contributed by atoms with E-state index in [1.165, 1.54) is 0 Å². The second kappa shape index (κ2) is 6.79. The molecule has 0 unspecified atom stereocenters. The molecule has 3 rings (SSSR count). The maximum Gasteiger partial charge on any atom is 0.414 e. The lowest BCUT2D eigenvalue weighted by atomic mass is 10.2. The molecule has 5 nitrogen and oxygen atoms in total. The number of carbonyl (C=O) groups is 1. The van der Waals surface area contributed by atoms with Gasteiger partial charge in [0.2, 0.25) is 0 Å². The van der Waals surface area contributed by atoms with Crippen molar-refractivity contribution < 1.29 is 14.3 Å². The molecule has 2 aromatic rings. The second-order valence-corrected chi connectivity index (χ2v) is 5.49. The van der Waals surface area contributed by atoms with Crippen LogP contribution in [0.1, 0.15) is 5.56 Å². The lowest BCUT2D eigenvalue weighted by Crippen LogP contribution is -2.23. The average Bonchev–Trinajstić information content (AvgIpc) is 3.00. The Morgan fingerprint density at radius 2 is 2.04 bits per heavy atom. The predicted octanol–water partition coefficient (Wildman–Crippen LogP) is 3.92. The molecule has 6 heteroatoms. The van der Waals surface area contributed by atoms with Crippen molar-refractivity contribution in [1.82, 2.24) is 0 Å². The number of halogens is 1. The molecule has 0 atom stereocenters. The standard InChI is InChI=1S/C17H17ClN2O3/c1-22-16-4-2-3-15(18)14(16)11-19-12-5-7-13(8-6-12)20-9-10-23-17(20)21/h2-8,19H,9-11H2,1H3. The summed E-state index contributed by atoms with van der Waals surface area (Å²) in [6.45, 7) is 1.57. The van der Waals surface area contributed by atoms with Gasteiger partial charge in [-0.05, 0) is 36.4 Å². The maximum atomic E-state index is 11.5. The lowest BCUT2D eigenvalue weighted by Gasteiger charge is -2.15. The van der Waals surface area contributed by atoms with E-state index in [2.05, 4.69) is 5.32 Å². The van der Waals surface area contributed by atoms with E-state index >= 15 is 0 Å². The van der Waals surface area contributed by atoms with E-state index < -0.39 is 0 Å². The van der Waals surface area contributed by atoms with Crippen LogP contribution in [0.3, 0.4) is 0 Å². The van der Waals surface area contributed by atoms with Crippen LogP contribution in [-0.4, -0.2) is 26.4 Å². The summed E-state index contributed by atoms with van der Waals surface area (Å²) in [5.41, 5.74) is 2.67. The van der Waals surface area contributed by atoms with Crippen LogP contribution in [0.2, 0.25) is 5.02 Å². The van der Waals surface area contributed by atoms with Gasteiger partial charge >= 0.3 is 6.09 Å². The molecule has 1 saturated heterocycles. The first kappa shape index (κ1) is 15.5. The fourth-order valence-corrected chi connectivity index (χ4v) is 2.71. The molecule has 0 radical (unpaired) electrons. The number of cyclic esters (lactones) is 1. The van der Waals surface area contributed by atoms with Crippen molar-refractivity contribution in [3.05, 3.63) is 53.1 Å². The highest BCUT2D eigenvalue weighted by molar-refractivity contribution is 6.31. The summed E-state index contributed by atoms with van der Waals surface area (Å²) >= 11 is 6.22. The number of hydrogen-bond acceptors (Lipinski definition) is 4. The van der Waals surface area contributed by atoms with Crippen molar-refractivity contribution in [2.75, 3.05) is 30.5 Å². The molecule has 0 bridgehead atoms. The quantitative estimate of drug-likeness (QED) is 0.901. The van der Waals surface area contributed by atoms with Crippen LogP contribution in [-0.2, 0) is 11.3 Å². The van der Waals surface area contributed by atoms with Crippen molar-refractivity contribution in [3.8, 4) is 5.75 Å². The highest BCUT2D eigenvalue weighted by Crippen LogP contribution is 2.27. The van der Waals surface area contributed by atoms with Crippen LogP contribution in [0, 0.1) is 0 Å². The summed E-state index contributed by atoms with van der Waals surface area (Å²) in [5.74, 6) is 0.751. The summed E-state index contributed by atoms with van der Waals surface area (Å²) < 4.78 is 10.3. The summed E-state index contributed by atoms with van der Waals surface area (Å²) in [6.07, 6.45) is -0.300. The van der Waals surface area contributed by atoms with Gasteiger partial charge in [-0.2, -0.15) is 0 Å². The molecule has 1 aliphatic heterocycles. The molecule has 0 spiro atoms. The zero-order chi connectivity index (χ0) is 16.2.